The van der Waals surface area contributed by atoms with E-state index in [1.807, 2.05) is 21.6 Å². The summed E-state index contributed by atoms with van der Waals surface area (Å²) in [5.41, 5.74) is 20.7. The summed E-state index contributed by atoms with van der Waals surface area (Å²) in [6, 6.07) is 54.2. The number of rotatable bonds is 15. The normalized spacial score (nSPS) is 17.6. The molecule has 6 aromatic rings. The summed E-state index contributed by atoms with van der Waals surface area (Å²) in [6.07, 6.45) is 10.7. The van der Waals surface area contributed by atoms with Crippen LogP contribution in [-0.2, 0) is 34.5 Å². The third-order valence-corrected chi connectivity index (χ3v) is 15.8. The molecule has 61 heavy (non-hydrogen) atoms. The lowest BCUT2D eigenvalue weighted by Gasteiger charge is -2.30. The Labute approximate surface area is 393 Å². The van der Waals surface area contributed by atoms with Crippen molar-refractivity contribution in [3.63, 3.8) is 0 Å². The molecule has 0 spiro atoms. The molecule has 0 aromatic heterocycles. The maximum absolute atomic E-state index is 4.50. The first-order chi connectivity index (χ1) is 29.9. The lowest BCUT2D eigenvalue weighted by molar-refractivity contribution is 0.655. The van der Waals surface area contributed by atoms with Crippen LogP contribution in [-0.4, -0.2) is 0 Å². The van der Waals surface area contributed by atoms with Crippen LogP contribution in [0, 0.1) is 5.92 Å². The fourth-order valence-electron chi connectivity index (χ4n) is 8.34. The van der Waals surface area contributed by atoms with Gasteiger partial charge in [-0.05, 0) is 101 Å². The zero-order chi connectivity index (χ0) is 42.1. The SMILES string of the molecule is CC1C(c2ccc(CS)cc2)=CC(c2ccc(CSSCc3ccc(C4=C[C@H](c5ccc(CS)cc5)CC(c5ccc(CS)cc5)=C4)cc3)cc2)=C[C@H]1c1ccc(CS)cc1. The van der Waals surface area contributed by atoms with E-state index in [9.17, 15) is 0 Å². The molecule has 0 saturated heterocycles. The second kappa shape index (κ2) is 21.2. The summed E-state index contributed by atoms with van der Waals surface area (Å²) in [5, 5.41) is 0. The molecular formula is C55H52S6. The molecule has 8 rings (SSSR count). The molecule has 2 aliphatic rings. The van der Waals surface area contributed by atoms with E-state index in [1.165, 1.54) is 89.1 Å². The first-order valence-corrected chi connectivity index (χ1v) is 26.0. The molecule has 0 saturated carbocycles. The minimum Gasteiger partial charge on any atom is -0.175 e. The summed E-state index contributed by atoms with van der Waals surface area (Å²) < 4.78 is 0. The van der Waals surface area contributed by atoms with E-state index in [4.69, 9.17) is 0 Å². The first-order valence-electron chi connectivity index (χ1n) is 21.0. The zero-order valence-electron chi connectivity index (χ0n) is 34.5. The van der Waals surface area contributed by atoms with Gasteiger partial charge in [-0.25, -0.2) is 0 Å². The van der Waals surface area contributed by atoms with Gasteiger partial charge in [0.25, 0.3) is 0 Å². The highest BCUT2D eigenvalue weighted by molar-refractivity contribution is 8.76. The summed E-state index contributed by atoms with van der Waals surface area (Å²) in [7, 11) is 3.85. The van der Waals surface area contributed by atoms with Gasteiger partial charge in [0, 0.05) is 46.4 Å². The molecule has 308 valence electrons. The maximum Gasteiger partial charge on any atom is 0.0288 e. The average Bonchev–Trinajstić information content (AvgIpc) is 3.33. The van der Waals surface area contributed by atoms with E-state index in [2.05, 4.69) is 227 Å². The Bertz CT molecular complexity index is 2510. The lowest BCUT2D eigenvalue weighted by atomic mass is 9.74. The number of hydrogen-bond donors (Lipinski definition) is 4. The van der Waals surface area contributed by atoms with E-state index in [0.717, 1.165) is 40.9 Å². The highest BCUT2D eigenvalue weighted by atomic mass is 33.1. The van der Waals surface area contributed by atoms with E-state index in [0.29, 0.717) is 11.8 Å². The van der Waals surface area contributed by atoms with Crippen LogP contribution in [0.5, 0.6) is 0 Å². The van der Waals surface area contributed by atoms with Crippen LogP contribution in [0.3, 0.4) is 0 Å². The second-order valence-corrected chi connectivity index (χ2v) is 19.8. The van der Waals surface area contributed by atoms with Crippen molar-refractivity contribution in [1.29, 1.82) is 0 Å². The monoisotopic (exact) mass is 904 g/mol. The van der Waals surface area contributed by atoms with E-state index >= 15 is 0 Å². The van der Waals surface area contributed by atoms with Crippen molar-refractivity contribution in [3.05, 3.63) is 237 Å². The van der Waals surface area contributed by atoms with Crippen LogP contribution in [0.25, 0.3) is 22.3 Å². The molecule has 0 radical (unpaired) electrons. The molecule has 1 unspecified atom stereocenters. The van der Waals surface area contributed by atoms with Gasteiger partial charge < -0.3 is 0 Å². The smallest absolute Gasteiger partial charge is 0.0288 e. The Balaban J connectivity index is 0.924. The van der Waals surface area contributed by atoms with Crippen LogP contribution in [0.2, 0.25) is 0 Å². The van der Waals surface area contributed by atoms with E-state index in [-0.39, 0.29) is 5.92 Å². The van der Waals surface area contributed by atoms with Crippen molar-refractivity contribution >= 4 is 94.4 Å². The van der Waals surface area contributed by atoms with Gasteiger partial charge in [-0.15, -0.1) is 0 Å². The highest BCUT2D eigenvalue weighted by Crippen LogP contribution is 2.44. The molecule has 0 N–H and O–H groups in total. The third-order valence-electron chi connectivity index (χ3n) is 12.1. The minimum absolute atomic E-state index is 0.279. The molecule has 6 heteroatoms. The Morgan fingerprint density at radius 3 is 1.30 bits per heavy atom. The standard InChI is InChI=1S/C55H52S6/c1-37-54(48-22-6-40(33-58)7-23-48)29-53(30-55(37)49-24-8-41(34-59)9-25-49)47-20-12-43(13-21-47)36-61-60-35-42-10-18-46(19-11-42)52-27-50(44-14-2-38(31-56)3-15-44)26-51(28-52)45-16-4-39(32-57)5-17-45/h2-25,27-30,37,50,54,56-59H,26,31-36H2,1H3/t37?,50-,54-/m1/s1. The van der Waals surface area contributed by atoms with Crippen molar-refractivity contribution in [1.82, 2.24) is 0 Å². The predicted molar refractivity (Wildman–Crippen MR) is 283 cm³/mol. The minimum atomic E-state index is 0.279. The fourth-order valence-corrected chi connectivity index (χ4v) is 11.3. The summed E-state index contributed by atoms with van der Waals surface area (Å²) in [4.78, 5) is 0. The number of hydrogen-bond acceptors (Lipinski definition) is 6. The first kappa shape index (κ1) is 44.0. The Morgan fingerprint density at radius 1 is 0.426 bits per heavy atom. The van der Waals surface area contributed by atoms with Gasteiger partial charge in [-0.1, -0.05) is 198 Å². The molecule has 6 aromatic carbocycles. The summed E-state index contributed by atoms with van der Waals surface area (Å²) >= 11 is 17.9. The zero-order valence-corrected chi connectivity index (χ0v) is 39.7. The summed E-state index contributed by atoms with van der Waals surface area (Å²) in [5.74, 6) is 5.86. The van der Waals surface area contributed by atoms with Crippen LogP contribution in [0.1, 0.15) is 91.9 Å². The van der Waals surface area contributed by atoms with Crippen LogP contribution >= 0.6 is 72.1 Å². The predicted octanol–water partition coefficient (Wildman–Crippen LogP) is 16.0. The number of benzene rings is 6. The van der Waals surface area contributed by atoms with Gasteiger partial charge in [0.1, 0.15) is 0 Å². The third kappa shape index (κ3) is 11.0. The quantitative estimate of drug-likeness (QED) is 0.0461. The van der Waals surface area contributed by atoms with Crippen molar-refractivity contribution in [2.24, 2.45) is 5.92 Å². The maximum atomic E-state index is 4.50. The van der Waals surface area contributed by atoms with E-state index < -0.39 is 0 Å². The number of thiol groups is 4. The van der Waals surface area contributed by atoms with E-state index in [1.54, 1.807) is 0 Å². The van der Waals surface area contributed by atoms with Crippen LogP contribution < -0.4 is 0 Å². The Kier molecular flexibility index (Phi) is 15.3. The molecule has 0 nitrogen and oxygen atoms in total. The van der Waals surface area contributed by atoms with Crippen molar-refractivity contribution in [2.75, 3.05) is 0 Å². The van der Waals surface area contributed by atoms with Gasteiger partial charge in [-0.3, -0.25) is 0 Å². The second-order valence-electron chi connectivity index (χ2n) is 16.1. The van der Waals surface area contributed by atoms with Gasteiger partial charge in [-0.2, -0.15) is 50.5 Å². The molecule has 0 amide bonds. The molecular weight excluding hydrogens is 853 g/mol. The fraction of sp³-hybridized carbons (Fsp3) is 0.200. The highest BCUT2D eigenvalue weighted by Gasteiger charge is 2.27. The van der Waals surface area contributed by atoms with Crippen LogP contribution in [0.15, 0.2) is 170 Å². The largest absolute Gasteiger partial charge is 0.175 e. The van der Waals surface area contributed by atoms with Gasteiger partial charge in [0.15, 0.2) is 0 Å². The van der Waals surface area contributed by atoms with Gasteiger partial charge in [0.05, 0.1) is 0 Å². The average molecular weight is 905 g/mol. The topological polar surface area (TPSA) is 0 Å². The van der Waals surface area contributed by atoms with Crippen molar-refractivity contribution in [3.8, 4) is 0 Å². The van der Waals surface area contributed by atoms with Gasteiger partial charge >= 0.3 is 0 Å². The van der Waals surface area contributed by atoms with Gasteiger partial charge in [0.2, 0.25) is 0 Å². The van der Waals surface area contributed by atoms with Crippen molar-refractivity contribution in [2.45, 2.75) is 59.7 Å². The number of allylic oxidation sites excluding steroid dienone is 8. The van der Waals surface area contributed by atoms with Crippen molar-refractivity contribution < 1.29 is 0 Å². The molecule has 0 bridgehead atoms. The molecule has 0 aliphatic heterocycles. The molecule has 0 heterocycles. The summed E-state index contributed by atoms with van der Waals surface area (Å²) in [6.45, 7) is 2.36. The van der Waals surface area contributed by atoms with Crippen LogP contribution in [0.4, 0.5) is 0 Å². The Hall–Kier alpha value is -3.62. The Morgan fingerprint density at radius 2 is 0.820 bits per heavy atom. The lowest BCUT2D eigenvalue weighted by Crippen LogP contribution is -2.14. The molecule has 2 aliphatic carbocycles. The molecule has 3 atom stereocenters. The molecule has 0 fully saturated rings.